The van der Waals surface area contributed by atoms with Gasteiger partial charge in [-0.2, -0.15) is 8.75 Å². The van der Waals surface area contributed by atoms with Gasteiger partial charge in [0.1, 0.15) is 6.54 Å². The van der Waals surface area contributed by atoms with Crippen LogP contribution in [0, 0.1) is 0 Å². The Morgan fingerprint density at radius 3 is 2.68 bits per heavy atom. The second kappa shape index (κ2) is 6.41. The molecule has 6 nitrogen and oxygen atoms in total. The zero-order valence-corrected chi connectivity index (χ0v) is 13.2. The first-order valence-electron chi connectivity index (χ1n) is 6.72. The normalized spacial score (nSPS) is 15.2. The lowest BCUT2D eigenvalue weighted by Crippen LogP contribution is -2.51. The van der Waals surface area contributed by atoms with Gasteiger partial charge >= 0.3 is 0 Å². The number of nitrogens with zero attached hydrogens (tertiary/aromatic N) is 4. The number of benzene rings is 1. The molecular weight excluding hydrogens is 324 g/mol. The highest BCUT2D eigenvalue weighted by molar-refractivity contribution is 6.99. The molecule has 1 aromatic carbocycles. The lowest BCUT2D eigenvalue weighted by atomic mass is 10.2. The Morgan fingerprint density at radius 1 is 1.27 bits per heavy atom. The molecule has 2 amide bonds. The van der Waals surface area contributed by atoms with Crippen LogP contribution in [0.25, 0.3) is 0 Å². The van der Waals surface area contributed by atoms with Crippen LogP contribution in [0.2, 0.25) is 5.02 Å². The maximum atomic E-state index is 12.2. The minimum absolute atomic E-state index is 0.0715. The van der Waals surface area contributed by atoms with Crippen molar-refractivity contribution >= 4 is 35.1 Å². The molecule has 22 heavy (non-hydrogen) atoms. The van der Waals surface area contributed by atoms with Gasteiger partial charge in [0.05, 0.1) is 17.9 Å². The summed E-state index contributed by atoms with van der Waals surface area (Å²) in [7, 11) is 0. The number of hydrogen-bond donors (Lipinski definition) is 0. The number of amides is 2. The lowest BCUT2D eigenvalue weighted by Gasteiger charge is -2.34. The highest BCUT2D eigenvalue weighted by Crippen LogP contribution is 2.14. The molecule has 0 atom stereocenters. The number of carbonyl (C=O) groups is 2. The topological polar surface area (TPSA) is 66.4 Å². The summed E-state index contributed by atoms with van der Waals surface area (Å²) >= 11 is 6.83. The minimum Gasteiger partial charge on any atom is -0.335 e. The molecule has 0 saturated carbocycles. The van der Waals surface area contributed by atoms with Gasteiger partial charge in [0.2, 0.25) is 5.91 Å². The van der Waals surface area contributed by atoms with Crippen LogP contribution in [0.3, 0.4) is 0 Å². The first-order valence-corrected chi connectivity index (χ1v) is 7.83. The van der Waals surface area contributed by atoms with Gasteiger partial charge in [-0.25, -0.2) is 0 Å². The molecule has 0 spiro atoms. The molecule has 0 unspecified atom stereocenters. The Balaban J connectivity index is 1.61. The Labute approximate surface area is 136 Å². The number of halogens is 1. The molecule has 1 saturated heterocycles. The fourth-order valence-electron chi connectivity index (χ4n) is 2.28. The van der Waals surface area contributed by atoms with Crippen molar-refractivity contribution < 1.29 is 9.59 Å². The molecule has 1 aliphatic rings. The van der Waals surface area contributed by atoms with E-state index in [1.807, 2.05) is 12.1 Å². The summed E-state index contributed by atoms with van der Waals surface area (Å²) in [6, 6.07) is 7.40. The van der Waals surface area contributed by atoms with E-state index in [4.69, 9.17) is 11.6 Å². The molecule has 2 heterocycles. The second-order valence-corrected chi connectivity index (χ2v) is 5.95. The molecule has 0 aliphatic carbocycles. The van der Waals surface area contributed by atoms with Gasteiger partial charge in [0, 0.05) is 24.7 Å². The quantitative estimate of drug-likeness (QED) is 0.855. The summed E-state index contributed by atoms with van der Waals surface area (Å²) in [4.78, 5) is 27.6. The van der Waals surface area contributed by atoms with E-state index >= 15 is 0 Å². The first kappa shape index (κ1) is 14.9. The monoisotopic (exact) mass is 336 g/mol. The predicted molar refractivity (Wildman–Crippen MR) is 82.7 cm³/mol. The highest BCUT2D eigenvalue weighted by Gasteiger charge is 2.28. The van der Waals surface area contributed by atoms with Crippen molar-refractivity contribution in [2.75, 3.05) is 19.6 Å². The third-order valence-electron chi connectivity index (χ3n) is 3.47. The maximum Gasteiger partial charge on any atom is 0.275 e. The molecule has 2 aromatic rings. The van der Waals surface area contributed by atoms with Crippen molar-refractivity contribution in [2.24, 2.45) is 0 Å². The molecule has 0 radical (unpaired) electrons. The number of carbonyl (C=O) groups excluding carboxylic acids is 2. The molecule has 1 aliphatic heterocycles. The van der Waals surface area contributed by atoms with Gasteiger partial charge in [-0.15, -0.1) is 0 Å². The van der Waals surface area contributed by atoms with Crippen molar-refractivity contribution in [3.8, 4) is 0 Å². The van der Waals surface area contributed by atoms with E-state index in [0.717, 1.165) is 17.3 Å². The lowest BCUT2D eigenvalue weighted by molar-refractivity contribution is -0.135. The zero-order chi connectivity index (χ0) is 15.5. The van der Waals surface area contributed by atoms with Crippen LogP contribution in [0.4, 0.5) is 0 Å². The van der Waals surface area contributed by atoms with E-state index in [9.17, 15) is 9.59 Å². The summed E-state index contributed by atoms with van der Waals surface area (Å²) in [5.41, 5.74) is 1.31. The number of aromatic nitrogens is 2. The molecule has 8 heteroatoms. The molecule has 1 aromatic heterocycles. The van der Waals surface area contributed by atoms with Crippen molar-refractivity contribution in [3.05, 3.63) is 46.7 Å². The molecule has 3 rings (SSSR count). The van der Waals surface area contributed by atoms with Gasteiger partial charge in [-0.3, -0.25) is 9.59 Å². The fraction of sp³-hybridized carbons (Fsp3) is 0.286. The summed E-state index contributed by atoms with van der Waals surface area (Å²) in [6.45, 7) is 1.60. The van der Waals surface area contributed by atoms with Crippen LogP contribution in [0.1, 0.15) is 16.1 Å². The molecule has 1 fully saturated rings. The van der Waals surface area contributed by atoms with Crippen LogP contribution in [0.5, 0.6) is 0 Å². The van der Waals surface area contributed by atoms with E-state index < -0.39 is 0 Å². The first-order chi connectivity index (χ1) is 10.6. The Hall–Kier alpha value is -1.99. The second-order valence-electron chi connectivity index (χ2n) is 4.96. The van der Waals surface area contributed by atoms with Crippen LogP contribution in [-0.2, 0) is 11.3 Å². The molecular formula is C14H13ClN4O2S. The standard InChI is InChI=1S/C14H13ClN4O2S/c15-11-3-1-10(2-4-11)8-18-5-6-19(9-13(18)20)14(21)12-7-16-22-17-12/h1-4,7H,5-6,8-9H2. The number of rotatable bonds is 3. The van der Waals surface area contributed by atoms with E-state index in [-0.39, 0.29) is 18.4 Å². The summed E-state index contributed by atoms with van der Waals surface area (Å²) < 4.78 is 7.73. The third kappa shape index (κ3) is 3.26. The molecule has 114 valence electrons. The van der Waals surface area contributed by atoms with Crippen molar-refractivity contribution in [2.45, 2.75) is 6.54 Å². The van der Waals surface area contributed by atoms with Crippen LogP contribution in [-0.4, -0.2) is 50.0 Å². The average Bonchev–Trinajstić information content (AvgIpc) is 3.05. The van der Waals surface area contributed by atoms with Crippen LogP contribution < -0.4 is 0 Å². The largest absolute Gasteiger partial charge is 0.335 e. The van der Waals surface area contributed by atoms with E-state index in [1.165, 1.54) is 11.1 Å². The minimum atomic E-state index is -0.242. The van der Waals surface area contributed by atoms with Gasteiger partial charge in [0.15, 0.2) is 5.69 Å². The molecule has 0 N–H and O–H groups in total. The number of piperazine rings is 1. The summed E-state index contributed by atoms with van der Waals surface area (Å²) in [5.74, 6) is -0.314. The van der Waals surface area contributed by atoms with Gasteiger partial charge < -0.3 is 9.80 Å². The zero-order valence-electron chi connectivity index (χ0n) is 11.6. The maximum absolute atomic E-state index is 12.2. The van der Waals surface area contributed by atoms with Crippen molar-refractivity contribution in [3.63, 3.8) is 0 Å². The third-order valence-corrected chi connectivity index (χ3v) is 4.20. The van der Waals surface area contributed by atoms with Gasteiger partial charge in [0.25, 0.3) is 5.91 Å². The van der Waals surface area contributed by atoms with Crippen molar-refractivity contribution in [1.29, 1.82) is 0 Å². The number of hydrogen-bond acceptors (Lipinski definition) is 5. The summed E-state index contributed by atoms with van der Waals surface area (Å²) in [6.07, 6.45) is 1.43. The van der Waals surface area contributed by atoms with Gasteiger partial charge in [-0.1, -0.05) is 23.7 Å². The summed E-state index contributed by atoms with van der Waals surface area (Å²) in [5, 5.41) is 0.669. The van der Waals surface area contributed by atoms with E-state index in [1.54, 1.807) is 17.0 Å². The fourth-order valence-corrected chi connectivity index (χ4v) is 2.81. The Kier molecular flexibility index (Phi) is 4.35. The Morgan fingerprint density at radius 2 is 2.05 bits per heavy atom. The smallest absolute Gasteiger partial charge is 0.275 e. The highest BCUT2D eigenvalue weighted by atomic mass is 35.5. The van der Waals surface area contributed by atoms with Crippen LogP contribution in [0.15, 0.2) is 30.5 Å². The van der Waals surface area contributed by atoms with E-state index in [0.29, 0.717) is 30.4 Å². The van der Waals surface area contributed by atoms with Gasteiger partial charge in [-0.05, 0) is 17.7 Å². The SMILES string of the molecule is O=C1CN(C(=O)c2cnsn2)CCN1Cc1ccc(Cl)cc1. The van der Waals surface area contributed by atoms with Crippen LogP contribution >= 0.6 is 23.3 Å². The van der Waals surface area contributed by atoms with E-state index in [2.05, 4.69) is 8.75 Å². The molecule has 0 bridgehead atoms. The average molecular weight is 337 g/mol. The predicted octanol–water partition coefficient (Wildman–Crippen LogP) is 1.68. The van der Waals surface area contributed by atoms with Crippen molar-refractivity contribution in [1.82, 2.24) is 18.5 Å². The Bertz CT molecular complexity index is 675.